The molecule has 0 aliphatic heterocycles. The van der Waals surface area contributed by atoms with Gasteiger partial charge in [0.15, 0.2) is 0 Å². The van der Waals surface area contributed by atoms with Gasteiger partial charge in [0, 0.05) is 0 Å². The molecule has 0 aromatic heterocycles. The number of hydrogen-bond donors (Lipinski definition) is 2. The van der Waals surface area contributed by atoms with Crippen LogP contribution in [-0.4, -0.2) is 32.6 Å². The van der Waals surface area contributed by atoms with Crippen molar-refractivity contribution >= 4 is 45.2 Å². The van der Waals surface area contributed by atoms with Crippen molar-refractivity contribution in [1.82, 2.24) is 5.32 Å². The summed E-state index contributed by atoms with van der Waals surface area (Å²) in [6.45, 7) is 0.470. The molecule has 0 spiro atoms. The van der Waals surface area contributed by atoms with Crippen LogP contribution in [0.15, 0.2) is 18.2 Å². The molecule has 1 aromatic carbocycles. The molecule has 0 saturated carbocycles. The molecule has 1 amide bonds. The van der Waals surface area contributed by atoms with Crippen LogP contribution in [0.3, 0.4) is 0 Å². The number of rotatable bonds is 4. The molecule has 0 aliphatic carbocycles. The molecule has 1 unspecified atom stereocenters. The Hall–Kier alpha value is -0.212. The zero-order chi connectivity index (χ0) is 11.3. The van der Waals surface area contributed by atoms with Crippen LogP contribution < -0.4 is 5.32 Å². The third-order valence-electron chi connectivity index (χ3n) is 1.72. The standard InChI is InChI=1S/C9H10AsCl2NO2/c11-7-3-1-2-6(8(7)12)9(14)13-5-4-10-15/h1-3,10,15H,4-5H2,(H,13,14). The average molecular weight is 310 g/mol. The van der Waals surface area contributed by atoms with E-state index in [2.05, 4.69) is 5.32 Å². The summed E-state index contributed by atoms with van der Waals surface area (Å²) >= 11 is 10.7. The molecule has 1 rings (SSSR count). The molecule has 0 radical (unpaired) electrons. The van der Waals surface area contributed by atoms with Crippen molar-refractivity contribution in [2.45, 2.75) is 5.21 Å². The molecule has 15 heavy (non-hydrogen) atoms. The second-order valence-corrected chi connectivity index (χ2v) is 5.26. The van der Waals surface area contributed by atoms with Gasteiger partial charge in [-0.15, -0.1) is 0 Å². The van der Waals surface area contributed by atoms with Gasteiger partial charge in [0.25, 0.3) is 0 Å². The molecule has 82 valence electrons. The van der Waals surface area contributed by atoms with E-state index in [1.165, 1.54) is 0 Å². The van der Waals surface area contributed by atoms with E-state index in [1.807, 2.05) is 0 Å². The minimum absolute atomic E-state index is 0.261. The van der Waals surface area contributed by atoms with E-state index in [-0.39, 0.29) is 10.9 Å². The Morgan fingerprint density at radius 1 is 1.47 bits per heavy atom. The Morgan fingerprint density at radius 3 is 2.87 bits per heavy atom. The van der Waals surface area contributed by atoms with E-state index in [4.69, 9.17) is 27.3 Å². The molecule has 0 heterocycles. The molecule has 0 saturated heterocycles. The molecule has 1 aromatic rings. The van der Waals surface area contributed by atoms with Crippen molar-refractivity contribution < 1.29 is 8.89 Å². The third-order valence-corrected chi connectivity index (χ3v) is 3.53. The van der Waals surface area contributed by atoms with Gasteiger partial charge in [-0.05, 0) is 0 Å². The Labute approximate surface area is 105 Å². The second kappa shape index (κ2) is 6.39. The Balaban J connectivity index is 2.69. The number of benzene rings is 1. The van der Waals surface area contributed by atoms with Crippen LogP contribution in [-0.2, 0) is 0 Å². The van der Waals surface area contributed by atoms with Crippen LogP contribution in [0.5, 0.6) is 0 Å². The summed E-state index contributed by atoms with van der Waals surface area (Å²) in [7, 11) is 0. The first-order valence-electron chi connectivity index (χ1n) is 4.26. The molecule has 1 atom stereocenters. The third kappa shape index (κ3) is 3.69. The number of nitrogens with one attached hydrogen (secondary N) is 1. The number of carbonyl (C=O) groups excluding carboxylic acids is 1. The van der Waals surface area contributed by atoms with E-state index in [9.17, 15) is 4.79 Å². The first kappa shape index (κ1) is 12.9. The van der Waals surface area contributed by atoms with Crippen LogP contribution in [0.1, 0.15) is 10.4 Å². The topological polar surface area (TPSA) is 49.3 Å². The van der Waals surface area contributed by atoms with Gasteiger partial charge >= 0.3 is 105 Å². The van der Waals surface area contributed by atoms with Crippen molar-refractivity contribution in [1.29, 1.82) is 0 Å². The molecule has 2 N–H and O–H groups in total. The monoisotopic (exact) mass is 309 g/mol. The van der Waals surface area contributed by atoms with E-state index >= 15 is 0 Å². The second-order valence-electron chi connectivity index (χ2n) is 2.77. The van der Waals surface area contributed by atoms with Gasteiger partial charge in [-0.1, -0.05) is 0 Å². The van der Waals surface area contributed by atoms with Gasteiger partial charge in [-0.3, -0.25) is 0 Å². The molecular formula is C9H10AsCl2NO2. The maximum atomic E-state index is 11.6. The van der Waals surface area contributed by atoms with Crippen LogP contribution >= 0.6 is 23.2 Å². The summed E-state index contributed by atoms with van der Waals surface area (Å²) in [4.78, 5) is 11.6. The van der Waals surface area contributed by atoms with Crippen LogP contribution in [0.2, 0.25) is 15.3 Å². The van der Waals surface area contributed by atoms with E-state index in [1.54, 1.807) is 18.2 Å². The van der Waals surface area contributed by atoms with Gasteiger partial charge in [-0.2, -0.15) is 0 Å². The van der Waals surface area contributed by atoms with Gasteiger partial charge in [0.2, 0.25) is 0 Å². The van der Waals surface area contributed by atoms with Crippen LogP contribution in [0, 0.1) is 0 Å². The molecule has 6 heteroatoms. The fourth-order valence-corrected chi connectivity index (χ4v) is 1.89. The number of hydrogen-bond acceptors (Lipinski definition) is 2. The van der Waals surface area contributed by atoms with Gasteiger partial charge in [0.05, 0.1) is 0 Å². The minimum atomic E-state index is -0.896. The summed E-state index contributed by atoms with van der Waals surface area (Å²) < 4.78 is 8.67. The van der Waals surface area contributed by atoms with Crippen molar-refractivity contribution in [3.05, 3.63) is 33.8 Å². The molecule has 3 nitrogen and oxygen atoms in total. The molecule has 0 fully saturated rings. The molecule has 0 aliphatic rings. The van der Waals surface area contributed by atoms with Gasteiger partial charge < -0.3 is 0 Å². The fourth-order valence-electron chi connectivity index (χ4n) is 1.01. The van der Waals surface area contributed by atoms with Crippen LogP contribution in [0.4, 0.5) is 0 Å². The summed E-state index contributed by atoms with van der Waals surface area (Å²) in [6, 6.07) is 4.91. The Morgan fingerprint density at radius 2 is 2.20 bits per heavy atom. The number of amides is 1. The van der Waals surface area contributed by atoms with Gasteiger partial charge in [-0.25, -0.2) is 0 Å². The van der Waals surface area contributed by atoms with Crippen molar-refractivity contribution in [3.8, 4) is 0 Å². The van der Waals surface area contributed by atoms with Crippen molar-refractivity contribution in [2.24, 2.45) is 0 Å². The molecule has 0 bridgehead atoms. The zero-order valence-corrected chi connectivity index (χ0v) is 11.4. The van der Waals surface area contributed by atoms with E-state index < -0.39 is 16.1 Å². The predicted octanol–water partition coefficient (Wildman–Crippen LogP) is 1.49. The first-order chi connectivity index (χ1) is 7.16. The first-order valence-corrected chi connectivity index (χ1v) is 7.43. The fraction of sp³-hybridized carbons (Fsp3) is 0.222. The van der Waals surface area contributed by atoms with Crippen LogP contribution in [0.25, 0.3) is 0 Å². The summed E-state index contributed by atoms with van der Waals surface area (Å²) in [6.07, 6.45) is 0. The Kier molecular flexibility index (Phi) is 5.48. The van der Waals surface area contributed by atoms with Gasteiger partial charge in [0.1, 0.15) is 0 Å². The summed E-state index contributed by atoms with van der Waals surface area (Å²) in [5.74, 6) is -0.262. The normalized spacial score (nSPS) is 10.9. The average Bonchev–Trinajstić information content (AvgIpc) is 2.22. The molecular weight excluding hydrogens is 300 g/mol. The summed E-state index contributed by atoms with van der Waals surface area (Å²) in [5, 5.41) is 3.92. The summed E-state index contributed by atoms with van der Waals surface area (Å²) in [5.41, 5.74) is 0.363. The SMILES string of the molecule is O=C(NCC[AsH]O)c1cccc(Cl)c1Cl. The van der Waals surface area contributed by atoms with E-state index in [0.29, 0.717) is 22.3 Å². The predicted molar refractivity (Wildman–Crippen MR) is 63.0 cm³/mol. The zero-order valence-electron chi connectivity index (χ0n) is 7.76. The Bertz CT molecular complexity index is 360. The maximum absolute atomic E-state index is 11.6. The number of carbonyl (C=O) groups is 1. The quantitative estimate of drug-likeness (QED) is 0.654. The van der Waals surface area contributed by atoms with Crippen molar-refractivity contribution in [2.75, 3.05) is 6.54 Å². The number of halogens is 2. The van der Waals surface area contributed by atoms with Crippen molar-refractivity contribution in [3.63, 3.8) is 0 Å². The van der Waals surface area contributed by atoms with E-state index in [0.717, 1.165) is 0 Å².